The molecule has 1 fully saturated rings. The van der Waals surface area contributed by atoms with E-state index in [-0.39, 0.29) is 25.2 Å². The SMILES string of the molecule is O=C(Cl)COCC(=O)N1CCN([C@H](c2ccccc2)c2ccc(Cl)cc2)CC1. The topological polar surface area (TPSA) is 49.9 Å². The average molecular weight is 421 g/mol. The first-order valence-corrected chi connectivity index (χ1v) is 9.88. The largest absolute Gasteiger partial charge is 0.362 e. The van der Waals surface area contributed by atoms with Crippen molar-refractivity contribution in [2.75, 3.05) is 39.4 Å². The Morgan fingerprint density at radius 1 is 0.893 bits per heavy atom. The van der Waals surface area contributed by atoms with Crippen LogP contribution in [-0.4, -0.2) is 60.3 Å². The predicted octanol–water partition coefficient (Wildman–Crippen LogP) is 3.36. The molecule has 0 aromatic heterocycles. The zero-order valence-corrected chi connectivity index (χ0v) is 16.9. The van der Waals surface area contributed by atoms with Crippen LogP contribution in [0.25, 0.3) is 0 Å². The molecule has 1 aliphatic rings. The van der Waals surface area contributed by atoms with E-state index in [9.17, 15) is 9.59 Å². The van der Waals surface area contributed by atoms with Crippen LogP contribution in [0.5, 0.6) is 0 Å². The minimum atomic E-state index is -0.605. The van der Waals surface area contributed by atoms with Gasteiger partial charge in [-0.1, -0.05) is 54.1 Å². The van der Waals surface area contributed by atoms with Gasteiger partial charge in [-0.25, -0.2) is 0 Å². The number of amides is 1. The fourth-order valence-corrected chi connectivity index (χ4v) is 3.64. The molecule has 0 N–H and O–H groups in total. The van der Waals surface area contributed by atoms with Gasteiger partial charge in [-0.15, -0.1) is 0 Å². The first-order chi connectivity index (χ1) is 13.5. The maximum atomic E-state index is 12.2. The molecule has 0 bridgehead atoms. The third-order valence-corrected chi connectivity index (χ3v) is 5.14. The van der Waals surface area contributed by atoms with Crippen molar-refractivity contribution in [1.82, 2.24) is 9.80 Å². The summed E-state index contributed by atoms with van der Waals surface area (Å²) in [6.07, 6.45) is 0. The van der Waals surface area contributed by atoms with Crippen molar-refractivity contribution in [2.24, 2.45) is 0 Å². The summed E-state index contributed by atoms with van der Waals surface area (Å²) in [5, 5.41) is 0.104. The zero-order chi connectivity index (χ0) is 19.9. The third kappa shape index (κ3) is 5.55. The lowest BCUT2D eigenvalue weighted by Gasteiger charge is -2.39. The van der Waals surface area contributed by atoms with E-state index in [0.717, 1.165) is 13.1 Å². The Morgan fingerprint density at radius 2 is 1.50 bits per heavy atom. The van der Waals surface area contributed by atoms with E-state index in [1.165, 1.54) is 11.1 Å². The van der Waals surface area contributed by atoms with Crippen LogP contribution in [0, 0.1) is 0 Å². The maximum absolute atomic E-state index is 12.2. The summed E-state index contributed by atoms with van der Waals surface area (Å²) in [5.74, 6) is -0.125. The Bertz CT molecular complexity index is 791. The van der Waals surface area contributed by atoms with Crippen LogP contribution in [0.4, 0.5) is 0 Å². The van der Waals surface area contributed by atoms with Crippen molar-refractivity contribution in [3.05, 3.63) is 70.7 Å². The fourth-order valence-electron chi connectivity index (χ4n) is 3.43. The quantitative estimate of drug-likeness (QED) is 0.644. The first kappa shape index (κ1) is 20.8. The van der Waals surface area contributed by atoms with E-state index in [1.54, 1.807) is 4.90 Å². The van der Waals surface area contributed by atoms with Gasteiger partial charge in [-0.05, 0) is 34.9 Å². The highest BCUT2D eigenvalue weighted by atomic mass is 35.5. The zero-order valence-electron chi connectivity index (χ0n) is 15.4. The Balaban J connectivity index is 1.67. The van der Waals surface area contributed by atoms with Gasteiger partial charge in [0.1, 0.15) is 13.2 Å². The normalized spacial score (nSPS) is 16.0. The number of ether oxygens (including phenoxy) is 1. The van der Waals surface area contributed by atoms with Crippen molar-refractivity contribution < 1.29 is 14.3 Å². The van der Waals surface area contributed by atoms with Gasteiger partial charge in [0.05, 0.1) is 6.04 Å². The van der Waals surface area contributed by atoms with Crippen molar-refractivity contribution >= 4 is 34.4 Å². The van der Waals surface area contributed by atoms with Gasteiger partial charge in [0.2, 0.25) is 11.1 Å². The first-order valence-electron chi connectivity index (χ1n) is 9.13. The molecule has 7 heteroatoms. The van der Waals surface area contributed by atoms with Crippen LogP contribution < -0.4 is 0 Å². The standard InChI is InChI=1S/C21H22Cl2N2O3/c22-18-8-6-17(7-9-18)21(16-4-2-1-3-5-16)25-12-10-24(11-13-25)20(27)15-28-14-19(23)26/h1-9,21H,10-15H2/t21-/m1/s1. The lowest BCUT2D eigenvalue weighted by molar-refractivity contribution is -0.138. The molecule has 28 heavy (non-hydrogen) atoms. The lowest BCUT2D eigenvalue weighted by Crippen LogP contribution is -2.50. The van der Waals surface area contributed by atoms with Gasteiger partial charge in [0, 0.05) is 31.2 Å². The van der Waals surface area contributed by atoms with E-state index >= 15 is 0 Å². The molecule has 1 amide bonds. The molecule has 2 aromatic carbocycles. The number of carbonyl (C=O) groups excluding carboxylic acids is 2. The van der Waals surface area contributed by atoms with Crippen molar-refractivity contribution in [2.45, 2.75) is 6.04 Å². The van der Waals surface area contributed by atoms with Crippen LogP contribution in [0.2, 0.25) is 5.02 Å². The summed E-state index contributed by atoms with van der Waals surface area (Å²) in [6, 6.07) is 18.3. The molecule has 0 spiro atoms. The Hall–Kier alpha value is -1.92. The number of hydrogen-bond acceptors (Lipinski definition) is 4. The summed E-state index contributed by atoms with van der Waals surface area (Å²) >= 11 is 11.3. The highest BCUT2D eigenvalue weighted by Gasteiger charge is 2.28. The summed E-state index contributed by atoms with van der Waals surface area (Å²) < 4.78 is 5.04. The minimum absolute atomic E-state index is 0.0980. The van der Waals surface area contributed by atoms with Crippen molar-refractivity contribution in [3.63, 3.8) is 0 Å². The molecule has 3 rings (SSSR count). The molecule has 1 atom stereocenters. The number of nitrogens with zero attached hydrogens (tertiary/aromatic N) is 2. The summed E-state index contributed by atoms with van der Waals surface area (Å²) in [4.78, 5) is 27.1. The van der Waals surface area contributed by atoms with Gasteiger partial charge < -0.3 is 9.64 Å². The second-order valence-electron chi connectivity index (χ2n) is 6.63. The molecule has 5 nitrogen and oxygen atoms in total. The monoisotopic (exact) mass is 420 g/mol. The van der Waals surface area contributed by atoms with E-state index < -0.39 is 5.24 Å². The molecular weight excluding hydrogens is 399 g/mol. The molecular formula is C21H22Cl2N2O3. The van der Waals surface area contributed by atoms with Crippen LogP contribution in [0.15, 0.2) is 54.6 Å². The molecule has 0 unspecified atom stereocenters. The minimum Gasteiger partial charge on any atom is -0.362 e. The second kappa shape index (κ2) is 10.0. The highest BCUT2D eigenvalue weighted by Crippen LogP contribution is 2.30. The Kier molecular flexibility index (Phi) is 7.45. The third-order valence-electron chi connectivity index (χ3n) is 4.77. The molecule has 1 heterocycles. The molecule has 148 valence electrons. The number of piperazine rings is 1. The van der Waals surface area contributed by atoms with Crippen LogP contribution in [0.3, 0.4) is 0 Å². The summed E-state index contributed by atoms with van der Waals surface area (Å²) in [7, 11) is 0. The van der Waals surface area contributed by atoms with Gasteiger partial charge in [0.15, 0.2) is 0 Å². The van der Waals surface area contributed by atoms with Crippen LogP contribution >= 0.6 is 23.2 Å². The van der Waals surface area contributed by atoms with Gasteiger partial charge in [-0.3, -0.25) is 14.5 Å². The number of rotatable bonds is 7. The molecule has 1 aliphatic heterocycles. The fraction of sp³-hybridized carbons (Fsp3) is 0.333. The van der Waals surface area contributed by atoms with Crippen molar-refractivity contribution in [1.29, 1.82) is 0 Å². The lowest BCUT2D eigenvalue weighted by atomic mass is 9.96. The van der Waals surface area contributed by atoms with E-state index in [2.05, 4.69) is 29.2 Å². The number of carbonyl (C=O) groups is 2. The average Bonchev–Trinajstić information content (AvgIpc) is 2.71. The van der Waals surface area contributed by atoms with Gasteiger partial charge in [-0.2, -0.15) is 0 Å². The maximum Gasteiger partial charge on any atom is 0.248 e. The predicted molar refractivity (Wildman–Crippen MR) is 110 cm³/mol. The molecule has 0 aliphatic carbocycles. The van der Waals surface area contributed by atoms with Gasteiger partial charge >= 0.3 is 0 Å². The molecule has 2 aromatic rings. The van der Waals surface area contributed by atoms with E-state index in [1.807, 2.05) is 30.3 Å². The second-order valence-corrected chi connectivity index (χ2v) is 7.49. The van der Waals surface area contributed by atoms with E-state index in [0.29, 0.717) is 18.1 Å². The van der Waals surface area contributed by atoms with Crippen LogP contribution in [-0.2, 0) is 14.3 Å². The number of halogens is 2. The molecule has 0 saturated carbocycles. The van der Waals surface area contributed by atoms with E-state index in [4.69, 9.17) is 27.9 Å². The molecule has 1 saturated heterocycles. The number of benzene rings is 2. The highest BCUT2D eigenvalue weighted by molar-refractivity contribution is 6.63. The summed E-state index contributed by atoms with van der Waals surface area (Å²) in [6.45, 7) is 2.31. The van der Waals surface area contributed by atoms with Crippen molar-refractivity contribution in [3.8, 4) is 0 Å². The van der Waals surface area contributed by atoms with Gasteiger partial charge in [0.25, 0.3) is 0 Å². The van der Waals surface area contributed by atoms with Crippen LogP contribution in [0.1, 0.15) is 17.2 Å². The Morgan fingerprint density at radius 3 is 2.11 bits per heavy atom. The Labute approximate surface area is 174 Å². The molecule has 0 radical (unpaired) electrons. The summed E-state index contributed by atoms with van der Waals surface area (Å²) in [5.41, 5.74) is 2.37. The number of hydrogen-bond donors (Lipinski definition) is 0. The smallest absolute Gasteiger partial charge is 0.248 e.